The summed E-state index contributed by atoms with van der Waals surface area (Å²) < 4.78 is 3.24. The topological polar surface area (TPSA) is 81.8 Å². The first-order chi connectivity index (χ1) is 10.0. The van der Waals surface area contributed by atoms with E-state index in [1.165, 1.54) is 19.2 Å². The second kappa shape index (κ2) is 5.16. The van der Waals surface area contributed by atoms with Crippen molar-refractivity contribution in [2.24, 2.45) is 7.05 Å². The van der Waals surface area contributed by atoms with Gasteiger partial charge in [-0.25, -0.2) is 9.67 Å². The molecule has 0 saturated carbocycles. The monoisotopic (exact) mass is 287 g/mol. The molecule has 0 radical (unpaired) electrons. The van der Waals surface area contributed by atoms with Crippen LogP contribution in [0.3, 0.4) is 0 Å². The summed E-state index contributed by atoms with van der Waals surface area (Å²) in [6.45, 7) is 2.68. The molecule has 0 saturated heterocycles. The number of amides is 1. The van der Waals surface area contributed by atoms with E-state index in [0.717, 1.165) is 29.0 Å². The predicted molar refractivity (Wildman–Crippen MR) is 76.0 cm³/mol. The van der Waals surface area contributed by atoms with Crippen molar-refractivity contribution in [3.05, 3.63) is 45.9 Å². The first-order valence-corrected chi connectivity index (χ1v) is 6.91. The van der Waals surface area contributed by atoms with Crippen LogP contribution in [0.2, 0.25) is 0 Å². The molecule has 2 aromatic heterocycles. The van der Waals surface area contributed by atoms with Gasteiger partial charge in [-0.1, -0.05) is 0 Å². The summed E-state index contributed by atoms with van der Waals surface area (Å²) in [4.78, 5) is 27.9. The van der Waals surface area contributed by atoms with Crippen LogP contribution in [0.5, 0.6) is 0 Å². The third kappa shape index (κ3) is 2.72. The van der Waals surface area contributed by atoms with Crippen LogP contribution < -0.4 is 10.9 Å². The molecule has 0 fully saturated rings. The Hall–Kier alpha value is -2.44. The Labute approximate surface area is 121 Å². The van der Waals surface area contributed by atoms with E-state index >= 15 is 0 Å². The first-order valence-electron chi connectivity index (χ1n) is 6.91. The molecule has 0 aliphatic carbocycles. The van der Waals surface area contributed by atoms with Gasteiger partial charge in [-0.05, 0) is 19.4 Å². The highest BCUT2D eigenvalue weighted by Crippen LogP contribution is 2.15. The smallest absolute Gasteiger partial charge is 0.272 e. The molecule has 1 aliphatic rings. The van der Waals surface area contributed by atoms with Crippen molar-refractivity contribution in [3.63, 3.8) is 0 Å². The summed E-state index contributed by atoms with van der Waals surface area (Å²) in [5, 5.41) is 6.93. The molecule has 1 N–H and O–H groups in total. The molecular formula is C14H17N5O2. The normalized spacial score (nSPS) is 17.3. The standard InChI is InChI=1S/C14H17N5O2/c1-9-7-19-8-10(3-5-12(19)15-9)16-14(21)11-4-6-13(20)18(2)17-11/h4,6-7,10H,3,5,8H2,1-2H3,(H,16,21)/t10-/m0/s1. The number of hydrogen-bond acceptors (Lipinski definition) is 4. The van der Waals surface area contributed by atoms with Gasteiger partial charge in [-0.2, -0.15) is 5.10 Å². The van der Waals surface area contributed by atoms with E-state index in [4.69, 9.17) is 0 Å². The summed E-state index contributed by atoms with van der Waals surface area (Å²) >= 11 is 0. The van der Waals surface area contributed by atoms with Gasteiger partial charge < -0.3 is 9.88 Å². The highest BCUT2D eigenvalue weighted by atomic mass is 16.2. The van der Waals surface area contributed by atoms with Gasteiger partial charge in [0.15, 0.2) is 0 Å². The maximum absolute atomic E-state index is 12.2. The Morgan fingerprint density at radius 3 is 3.00 bits per heavy atom. The Kier molecular flexibility index (Phi) is 3.32. The van der Waals surface area contributed by atoms with Gasteiger partial charge in [0.25, 0.3) is 11.5 Å². The van der Waals surface area contributed by atoms with Crippen LogP contribution in [0.15, 0.2) is 23.1 Å². The van der Waals surface area contributed by atoms with Gasteiger partial charge in [-0.3, -0.25) is 9.59 Å². The van der Waals surface area contributed by atoms with Crippen molar-refractivity contribution in [3.8, 4) is 0 Å². The molecule has 21 heavy (non-hydrogen) atoms. The lowest BCUT2D eigenvalue weighted by Crippen LogP contribution is -2.41. The van der Waals surface area contributed by atoms with E-state index < -0.39 is 0 Å². The van der Waals surface area contributed by atoms with Crippen molar-refractivity contribution in [1.29, 1.82) is 0 Å². The minimum atomic E-state index is -0.254. The Bertz CT molecular complexity index is 746. The summed E-state index contributed by atoms with van der Waals surface area (Å²) in [7, 11) is 1.53. The number of fused-ring (bicyclic) bond motifs is 1. The Morgan fingerprint density at radius 2 is 2.24 bits per heavy atom. The lowest BCUT2D eigenvalue weighted by Gasteiger charge is -2.24. The molecule has 0 aromatic carbocycles. The lowest BCUT2D eigenvalue weighted by atomic mass is 10.1. The highest BCUT2D eigenvalue weighted by Gasteiger charge is 2.22. The van der Waals surface area contributed by atoms with Crippen molar-refractivity contribution in [2.75, 3.05) is 0 Å². The van der Waals surface area contributed by atoms with E-state index in [9.17, 15) is 9.59 Å². The number of nitrogens with one attached hydrogen (secondary N) is 1. The van der Waals surface area contributed by atoms with Crippen molar-refractivity contribution < 1.29 is 4.79 Å². The lowest BCUT2D eigenvalue weighted by molar-refractivity contribution is 0.0920. The van der Waals surface area contributed by atoms with Gasteiger partial charge in [0.2, 0.25) is 0 Å². The third-order valence-corrected chi connectivity index (χ3v) is 3.64. The fourth-order valence-corrected chi connectivity index (χ4v) is 2.59. The second-order valence-corrected chi connectivity index (χ2v) is 5.34. The number of aryl methyl sites for hydroxylation is 3. The molecule has 0 spiro atoms. The van der Waals surface area contributed by atoms with Gasteiger partial charge in [0.1, 0.15) is 11.5 Å². The van der Waals surface area contributed by atoms with Gasteiger partial charge in [0.05, 0.1) is 5.69 Å². The van der Waals surface area contributed by atoms with Gasteiger partial charge in [0, 0.05) is 38.3 Å². The number of carbonyl (C=O) groups excluding carboxylic acids is 1. The van der Waals surface area contributed by atoms with Crippen LogP contribution in [-0.2, 0) is 20.0 Å². The second-order valence-electron chi connectivity index (χ2n) is 5.34. The number of aromatic nitrogens is 4. The maximum atomic E-state index is 12.2. The molecule has 3 rings (SSSR count). The van der Waals surface area contributed by atoms with Gasteiger partial charge in [-0.15, -0.1) is 0 Å². The predicted octanol–water partition coefficient (Wildman–Crippen LogP) is 0.0300. The number of imidazole rings is 1. The van der Waals surface area contributed by atoms with Crippen LogP contribution >= 0.6 is 0 Å². The van der Waals surface area contributed by atoms with Crippen LogP contribution in [0, 0.1) is 6.92 Å². The fraction of sp³-hybridized carbons (Fsp3) is 0.429. The fourth-order valence-electron chi connectivity index (χ4n) is 2.59. The van der Waals surface area contributed by atoms with E-state index in [0.29, 0.717) is 6.54 Å². The molecule has 3 heterocycles. The minimum absolute atomic E-state index is 0.0534. The SMILES string of the molecule is Cc1cn2c(n1)CC[C@H](NC(=O)c1ccc(=O)n(C)n1)C2. The van der Waals surface area contributed by atoms with E-state index in [-0.39, 0.29) is 23.2 Å². The van der Waals surface area contributed by atoms with Crippen molar-refractivity contribution >= 4 is 5.91 Å². The molecule has 0 unspecified atom stereocenters. The number of rotatable bonds is 2. The number of carbonyl (C=O) groups is 1. The first kappa shape index (κ1) is 13.5. The quantitative estimate of drug-likeness (QED) is 0.845. The Morgan fingerprint density at radius 1 is 1.43 bits per heavy atom. The molecular weight excluding hydrogens is 270 g/mol. The molecule has 1 amide bonds. The minimum Gasteiger partial charge on any atom is -0.346 e. The maximum Gasteiger partial charge on any atom is 0.272 e. The summed E-state index contributed by atoms with van der Waals surface area (Å²) in [6, 6.07) is 2.85. The number of nitrogens with zero attached hydrogens (tertiary/aromatic N) is 4. The molecule has 1 aliphatic heterocycles. The molecule has 7 heteroatoms. The average Bonchev–Trinajstić information content (AvgIpc) is 2.81. The molecule has 7 nitrogen and oxygen atoms in total. The van der Waals surface area contributed by atoms with Gasteiger partial charge >= 0.3 is 0 Å². The molecule has 2 aromatic rings. The van der Waals surface area contributed by atoms with Crippen molar-refractivity contribution in [1.82, 2.24) is 24.6 Å². The third-order valence-electron chi connectivity index (χ3n) is 3.64. The Balaban J connectivity index is 1.71. The van der Waals surface area contributed by atoms with E-state index in [2.05, 4.69) is 20.0 Å². The molecule has 1 atom stereocenters. The zero-order chi connectivity index (χ0) is 15.0. The molecule has 0 bridgehead atoms. The average molecular weight is 287 g/mol. The van der Waals surface area contributed by atoms with Crippen LogP contribution in [-0.4, -0.2) is 31.3 Å². The molecule has 110 valence electrons. The number of hydrogen-bond donors (Lipinski definition) is 1. The largest absolute Gasteiger partial charge is 0.346 e. The van der Waals surface area contributed by atoms with Crippen LogP contribution in [0.4, 0.5) is 0 Å². The van der Waals surface area contributed by atoms with E-state index in [1.807, 2.05) is 13.1 Å². The van der Waals surface area contributed by atoms with Crippen molar-refractivity contribution in [2.45, 2.75) is 32.4 Å². The summed E-state index contributed by atoms with van der Waals surface area (Å²) in [5.41, 5.74) is 1.02. The van der Waals surface area contributed by atoms with E-state index in [1.54, 1.807) is 0 Å². The zero-order valence-corrected chi connectivity index (χ0v) is 12.0. The zero-order valence-electron chi connectivity index (χ0n) is 12.0. The highest BCUT2D eigenvalue weighted by molar-refractivity contribution is 5.92. The summed E-state index contributed by atoms with van der Waals surface area (Å²) in [5.74, 6) is 0.814. The van der Waals surface area contributed by atoms with Crippen LogP contribution in [0.25, 0.3) is 0 Å². The summed E-state index contributed by atoms with van der Waals surface area (Å²) in [6.07, 6.45) is 3.70. The van der Waals surface area contributed by atoms with Crippen LogP contribution in [0.1, 0.15) is 28.4 Å².